The molecule has 0 unspecified atom stereocenters. The maximum atomic E-state index is 3.71. The van der Waals surface area contributed by atoms with E-state index in [2.05, 4.69) is 326 Å². The average molecular weight is 1310 g/mol. The topological polar surface area (TPSA) is 6.48 Å². The summed E-state index contributed by atoms with van der Waals surface area (Å²) in [5.41, 5.74) is 30.0. The fourth-order valence-corrected chi connectivity index (χ4v) is 13.8. The fraction of sp³-hybridized carbons (Fsp3) is 0.233. The molecule has 454 valence electrons. The molecule has 0 saturated carbocycles. The lowest BCUT2D eigenvalue weighted by atomic mass is 9.84. The molecule has 0 bridgehead atoms. The Morgan fingerprint density at radius 3 is 0.867 bits per heavy atom. The van der Waals surface area contributed by atoms with E-state index in [0.29, 0.717) is 0 Å². The van der Waals surface area contributed by atoms with Crippen molar-refractivity contribution in [1.29, 1.82) is 0 Å². The third kappa shape index (κ3) is 15.4. The minimum atomic E-state index is 1.03. The molecule has 11 aromatic rings. The van der Waals surface area contributed by atoms with Crippen LogP contribution in [-0.4, -0.2) is 0 Å². The van der Waals surface area contributed by atoms with E-state index in [0.717, 1.165) is 94.4 Å². The van der Waals surface area contributed by atoms with Gasteiger partial charge in [-0.3, -0.25) is 0 Å². The third-order valence-electron chi connectivity index (χ3n) is 17.9. The molecule has 0 heterocycles. The first-order chi connectivity index (χ1) is 44.1. The summed E-state index contributed by atoms with van der Waals surface area (Å²) in [7, 11) is 0. The SMILES string of the molecule is CCCCCCc1cc(-c2ccc(N(c3ccc(-c4ccc(CCC)cc4)cc3)c3ccc(-c4cccc(Br)c4)cc3)cc2C)c(CCCCCC)cc1-c1ccc(N(c2ccc(-c3ccc(CCC)cc3)cc2)c2ccc(-c3cccc(Br)c3)cc2)cc1C. The van der Waals surface area contributed by atoms with Crippen molar-refractivity contribution < 1.29 is 0 Å². The van der Waals surface area contributed by atoms with E-state index in [1.165, 1.54) is 139 Å². The second-order valence-corrected chi connectivity index (χ2v) is 26.4. The number of unbranched alkanes of at least 4 members (excludes halogenated alkanes) is 6. The molecule has 0 aromatic heterocycles. The highest BCUT2D eigenvalue weighted by atomic mass is 79.9. The van der Waals surface area contributed by atoms with Crippen molar-refractivity contribution in [3.63, 3.8) is 0 Å². The number of halogens is 2. The summed E-state index contributed by atoms with van der Waals surface area (Å²) in [4.78, 5) is 4.86. The summed E-state index contributed by atoms with van der Waals surface area (Å²) in [6.45, 7) is 13.8. The van der Waals surface area contributed by atoms with E-state index in [-0.39, 0.29) is 0 Å². The van der Waals surface area contributed by atoms with Gasteiger partial charge in [-0.1, -0.05) is 257 Å². The molecule has 0 amide bonds. The van der Waals surface area contributed by atoms with Crippen LogP contribution in [0.4, 0.5) is 34.1 Å². The Bertz CT molecular complexity index is 3850. The Kier molecular flexibility index (Phi) is 21.6. The zero-order valence-corrected chi connectivity index (χ0v) is 56.8. The molecule has 0 radical (unpaired) electrons. The molecule has 0 aliphatic carbocycles. The molecule has 0 saturated heterocycles. The van der Waals surface area contributed by atoms with E-state index in [4.69, 9.17) is 0 Å². The second-order valence-electron chi connectivity index (χ2n) is 24.6. The van der Waals surface area contributed by atoms with Gasteiger partial charge in [-0.2, -0.15) is 0 Å². The molecule has 11 rings (SSSR count). The summed E-state index contributed by atoms with van der Waals surface area (Å²) in [6, 6.07) is 91.4. The molecule has 0 fully saturated rings. The molecule has 0 aliphatic heterocycles. The Morgan fingerprint density at radius 2 is 0.567 bits per heavy atom. The first-order valence-electron chi connectivity index (χ1n) is 33.2. The summed E-state index contributed by atoms with van der Waals surface area (Å²) in [5.74, 6) is 0. The molecule has 2 nitrogen and oxygen atoms in total. The maximum Gasteiger partial charge on any atom is 0.0464 e. The van der Waals surface area contributed by atoms with Gasteiger partial charge in [-0.25, -0.2) is 0 Å². The largest absolute Gasteiger partial charge is 0.310 e. The first-order valence-corrected chi connectivity index (χ1v) is 34.7. The van der Waals surface area contributed by atoms with Gasteiger partial charge >= 0.3 is 0 Å². The lowest BCUT2D eigenvalue weighted by Gasteiger charge is -2.28. The zero-order valence-electron chi connectivity index (χ0n) is 53.6. The first kappa shape index (κ1) is 63.5. The van der Waals surface area contributed by atoms with E-state index in [9.17, 15) is 0 Å². The van der Waals surface area contributed by atoms with Crippen LogP contribution in [0.15, 0.2) is 252 Å². The number of nitrogens with zero attached hydrogens (tertiary/aromatic N) is 2. The molecule has 11 aromatic carbocycles. The predicted octanol–water partition coefficient (Wildman–Crippen LogP) is 26.9. The van der Waals surface area contributed by atoms with Gasteiger partial charge in [-0.15, -0.1) is 0 Å². The van der Waals surface area contributed by atoms with E-state index < -0.39 is 0 Å². The summed E-state index contributed by atoms with van der Waals surface area (Å²) in [5, 5.41) is 0. The molecule has 0 N–H and O–H groups in total. The minimum Gasteiger partial charge on any atom is -0.310 e. The summed E-state index contributed by atoms with van der Waals surface area (Å²) in [6.07, 6.45) is 16.2. The molecule has 0 atom stereocenters. The van der Waals surface area contributed by atoms with Gasteiger partial charge in [0.15, 0.2) is 0 Å². The molecule has 4 heteroatoms. The van der Waals surface area contributed by atoms with Gasteiger partial charge in [0, 0.05) is 43.1 Å². The smallest absolute Gasteiger partial charge is 0.0464 e. The number of hydrogen-bond donors (Lipinski definition) is 0. The summed E-state index contributed by atoms with van der Waals surface area (Å²) < 4.78 is 2.15. The number of aryl methyl sites for hydroxylation is 6. The standard InChI is InChI=1S/C86H86Br2N2/c1-7-11-13-15-21-73-59-86(84-54-52-82(56-62(84)6)90(80-49-41-70(42-50-80)72-24-18-26-76(88)58-72)78-45-37-68(38-46-78)66-33-29-64(20-10-4)30-34-66)74(22-16-14-12-8-2)60-85(73)83-53-51-81(55-61(83)5)89(79-47-39-69(40-48-79)71-23-17-25-75(87)57-71)77-43-35-67(36-44-77)65-31-27-63(19-9-3)28-32-65/h17-18,23-60H,7-16,19-22H2,1-6H3. The molecule has 0 spiro atoms. The molecular weight excluding hydrogens is 1220 g/mol. The van der Waals surface area contributed by atoms with Gasteiger partial charge < -0.3 is 9.80 Å². The third-order valence-corrected chi connectivity index (χ3v) is 18.9. The highest BCUT2D eigenvalue weighted by Crippen LogP contribution is 2.44. The quantitative estimate of drug-likeness (QED) is 0.0499. The summed E-state index contributed by atoms with van der Waals surface area (Å²) >= 11 is 7.42. The monoisotopic (exact) mass is 1300 g/mol. The Morgan fingerprint density at radius 1 is 0.256 bits per heavy atom. The van der Waals surface area contributed by atoms with Gasteiger partial charge in [0.25, 0.3) is 0 Å². The van der Waals surface area contributed by atoms with Crippen LogP contribution < -0.4 is 9.80 Å². The zero-order chi connectivity index (χ0) is 62.3. The average Bonchev–Trinajstić information content (AvgIpc) is 0.910. The Labute approximate surface area is 555 Å². The van der Waals surface area contributed by atoms with Crippen LogP contribution >= 0.6 is 31.9 Å². The maximum absolute atomic E-state index is 3.71. The number of benzene rings is 11. The van der Waals surface area contributed by atoms with Crippen molar-refractivity contribution in [2.75, 3.05) is 9.80 Å². The van der Waals surface area contributed by atoms with Crippen molar-refractivity contribution in [2.45, 2.75) is 131 Å². The van der Waals surface area contributed by atoms with Crippen LogP contribution in [0, 0.1) is 13.8 Å². The number of hydrogen-bond acceptors (Lipinski definition) is 2. The molecular formula is C86H86Br2N2. The van der Waals surface area contributed by atoms with Crippen molar-refractivity contribution in [2.24, 2.45) is 0 Å². The Hall–Kier alpha value is -8.02. The lowest BCUT2D eigenvalue weighted by Crippen LogP contribution is -2.10. The molecule has 90 heavy (non-hydrogen) atoms. The van der Waals surface area contributed by atoms with Crippen molar-refractivity contribution in [1.82, 2.24) is 0 Å². The van der Waals surface area contributed by atoms with Crippen LogP contribution in [0.3, 0.4) is 0 Å². The van der Waals surface area contributed by atoms with Crippen LogP contribution in [0.5, 0.6) is 0 Å². The van der Waals surface area contributed by atoms with Gasteiger partial charge in [-0.05, 0) is 250 Å². The van der Waals surface area contributed by atoms with E-state index >= 15 is 0 Å². The van der Waals surface area contributed by atoms with Crippen molar-refractivity contribution in [3.8, 4) is 66.8 Å². The fourth-order valence-electron chi connectivity index (χ4n) is 13.0. The molecule has 0 aliphatic rings. The number of rotatable bonds is 26. The van der Waals surface area contributed by atoms with Crippen molar-refractivity contribution in [3.05, 3.63) is 285 Å². The van der Waals surface area contributed by atoms with Crippen LogP contribution in [-0.2, 0) is 25.7 Å². The van der Waals surface area contributed by atoms with Crippen molar-refractivity contribution >= 4 is 66.0 Å². The highest BCUT2D eigenvalue weighted by Gasteiger charge is 2.21. The van der Waals surface area contributed by atoms with Crippen LogP contribution in [0.2, 0.25) is 0 Å². The minimum absolute atomic E-state index is 1.03. The van der Waals surface area contributed by atoms with Gasteiger partial charge in [0.05, 0.1) is 0 Å². The van der Waals surface area contributed by atoms with Crippen LogP contribution in [0.25, 0.3) is 66.8 Å². The highest BCUT2D eigenvalue weighted by molar-refractivity contribution is 9.10. The van der Waals surface area contributed by atoms with Gasteiger partial charge in [0.1, 0.15) is 0 Å². The second kappa shape index (κ2) is 30.7. The normalized spacial score (nSPS) is 11.3. The van der Waals surface area contributed by atoms with Crippen LogP contribution in [0.1, 0.15) is 125 Å². The lowest BCUT2D eigenvalue weighted by molar-refractivity contribution is 0.664. The van der Waals surface area contributed by atoms with E-state index in [1.807, 2.05) is 0 Å². The predicted molar refractivity (Wildman–Crippen MR) is 397 cm³/mol. The number of anilines is 6. The Balaban J connectivity index is 0.978. The van der Waals surface area contributed by atoms with E-state index in [1.54, 1.807) is 0 Å². The van der Waals surface area contributed by atoms with Gasteiger partial charge in [0.2, 0.25) is 0 Å².